The molecular weight excluding hydrogens is 1240 g/mol. The molecule has 6 aromatic carbocycles. The molecule has 1 aliphatic carbocycles. The zero-order valence-corrected chi connectivity index (χ0v) is 55.8. The molecule has 0 amide bonds. The van der Waals surface area contributed by atoms with Gasteiger partial charge in [0.1, 0.15) is 36.6 Å². The van der Waals surface area contributed by atoms with Crippen molar-refractivity contribution in [1.82, 2.24) is 0 Å². The van der Waals surface area contributed by atoms with Crippen LogP contribution >= 0.6 is 0 Å². The predicted molar refractivity (Wildman–Crippen MR) is 328 cm³/mol. The summed E-state index contributed by atoms with van der Waals surface area (Å²) in [5.74, 6) is 0. The summed E-state index contributed by atoms with van der Waals surface area (Å²) in [5, 5.41) is 53.8. The van der Waals surface area contributed by atoms with E-state index in [1.54, 1.807) is 0 Å². The summed E-state index contributed by atoms with van der Waals surface area (Å²) in [6.45, 7) is 30.4. The second kappa shape index (κ2) is 27.5. The standard InChI is InChI=1S/6C10H13.C6H12O6.H2O4S.O.2Sn/c6*1-10(2,3)9-7-5-4-6-8-9;7-1-2(8)4(10)6(12)5(11)3(1)9;1-5(2,3)4;;;/h6*4-8H,1H2,2-3H3;1-12H;(H2,1,2,3,4);;;. The van der Waals surface area contributed by atoms with Crippen LogP contribution < -0.4 is 0 Å². The maximum atomic E-state index is 9.39. The Bertz CT molecular complexity index is 2410. The molecule has 0 radical (unpaired) electrons. The summed E-state index contributed by atoms with van der Waals surface area (Å²) in [7, 11) is -4.67. The van der Waals surface area contributed by atoms with Crippen molar-refractivity contribution in [2.75, 3.05) is 0 Å². The Morgan fingerprint density at radius 1 is 0.300 bits per heavy atom. The number of aliphatic hydroxyl groups excluding tert-OH is 6. The monoisotopic (exact) mass is 1330 g/mol. The summed E-state index contributed by atoms with van der Waals surface area (Å²) in [6, 6.07) is 68.6. The van der Waals surface area contributed by atoms with Crippen LogP contribution in [0, 0.1) is 0 Å². The summed E-state index contributed by atoms with van der Waals surface area (Å²) >= 11 is -8.23. The van der Waals surface area contributed by atoms with E-state index >= 15 is 0 Å². The fourth-order valence-corrected chi connectivity index (χ4v) is 76.0. The smallest absolute Gasteiger partial charge is 0.387 e. The van der Waals surface area contributed by atoms with Gasteiger partial charge in [-0.15, -0.1) is 0 Å². The van der Waals surface area contributed by atoms with Crippen LogP contribution in [0.1, 0.15) is 116 Å². The van der Waals surface area contributed by atoms with Crippen LogP contribution in [0.5, 0.6) is 0 Å². The van der Waals surface area contributed by atoms with Gasteiger partial charge < -0.3 is 30.6 Å². The minimum atomic E-state index is -4.67. The summed E-state index contributed by atoms with van der Waals surface area (Å²) in [4.78, 5) is 0. The molecule has 80 heavy (non-hydrogen) atoms. The SMILES string of the molecule is CC(C)([CH2][Sn]([CH2]C(C)(C)c1ccccc1)([CH2]C(C)(C)c1ccccc1)[O][Sn]([CH2]C(C)(C)c1ccccc1)([CH2]C(C)(C)c1ccccc1)[CH2]C(C)(C)c1ccccc1)c1ccccc1.O=S(=O)(O)O.OC1C(O)C(O)C(O)C(O)C1O. The first-order valence-corrected chi connectivity index (χ1v) is 43.7. The normalized spacial score (nSPS) is 19.7. The molecule has 0 saturated heterocycles. The third kappa shape index (κ3) is 18.8. The van der Waals surface area contributed by atoms with Crippen molar-refractivity contribution in [2.45, 2.75) is 179 Å². The fourth-order valence-electron chi connectivity index (χ4n) is 13.0. The first-order valence-electron chi connectivity index (χ1n) is 27.9. The maximum absolute atomic E-state index is 9.39. The number of hydrogen-bond donors (Lipinski definition) is 8. The molecule has 6 aromatic rings. The van der Waals surface area contributed by atoms with E-state index in [4.69, 9.17) is 48.2 Å². The summed E-state index contributed by atoms with van der Waals surface area (Å²) < 4.78 is 47.6. The fraction of sp³-hybridized carbons (Fsp3) is 0.455. The first kappa shape index (κ1) is 67.3. The molecule has 0 aromatic heterocycles. The Hall–Kier alpha value is -3.49. The molecule has 0 aliphatic heterocycles. The van der Waals surface area contributed by atoms with Gasteiger partial charge >= 0.3 is 407 Å². The van der Waals surface area contributed by atoms with Crippen molar-refractivity contribution in [3.63, 3.8) is 0 Å². The second-order valence-corrected chi connectivity index (χ2v) is 51.4. The van der Waals surface area contributed by atoms with E-state index in [2.05, 4.69) is 265 Å². The predicted octanol–water partition coefficient (Wildman–Crippen LogP) is 12.3. The van der Waals surface area contributed by atoms with E-state index in [1.807, 2.05) is 0 Å². The molecule has 11 nitrogen and oxygen atoms in total. The number of aliphatic hydroxyl groups is 6. The zero-order valence-electron chi connectivity index (χ0n) is 49.2. The molecule has 8 N–H and O–H groups in total. The molecule has 14 heteroatoms. The van der Waals surface area contributed by atoms with Crippen LogP contribution in [0.15, 0.2) is 182 Å². The Kier molecular flexibility index (Phi) is 23.1. The van der Waals surface area contributed by atoms with Crippen LogP contribution in [0.2, 0.25) is 26.6 Å². The molecule has 0 spiro atoms. The molecule has 0 bridgehead atoms. The quantitative estimate of drug-likeness (QED) is 0.0267. The van der Waals surface area contributed by atoms with Gasteiger partial charge in [-0.1, -0.05) is 0 Å². The van der Waals surface area contributed by atoms with E-state index < -0.39 is 84.6 Å². The Labute approximate surface area is 488 Å². The van der Waals surface area contributed by atoms with Gasteiger partial charge in [0.2, 0.25) is 0 Å². The van der Waals surface area contributed by atoms with Crippen LogP contribution in [-0.2, 0) is 44.3 Å². The van der Waals surface area contributed by atoms with Gasteiger partial charge in [-0.2, -0.15) is 8.42 Å². The van der Waals surface area contributed by atoms with E-state index in [9.17, 15) is 1.41 Å². The molecule has 1 fully saturated rings. The Morgan fingerprint density at radius 3 is 0.525 bits per heavy atom. The van der Waals surface area contributed by atoms with Gasteiger partial charge in [-0.3, -0.25) is 9.11 Å². The van der Waals surface area contributed by atoms with Gasteiger partial charge in [-0.25, -0.2) is 0 Å². The van der Waals surface area contributed by atoms with Gasteiger partial charge in [0.25, 0.3) is 0 Å². The number of rotatable bonds is 20. The van der Waals surface area contributed by atoms with E-state index in [1.165, 1.54) is 33.4 Å². The van der Waals surface area contributed by atoms with Crippen molar-refractivity contribution in [2.24, 2.45) is 0 Å². The summed E-state index contributed by atoms with van der Waals surface area (Å²) in [5.41, 5.74) is 7.98. The summed E-state index contributed by atoms with van der Waals surface area (Å²) in [6.07, 6.45) is -9.84. The van der Waals surface area contributed by atoms with Crippen LogP contribution in [-0.4, -0.2) is 122 Å². The topological polar surface area (TPSA) is 205 Å². The average molecular weight is 1330 g/mol. The minimum absolute atomic E-state index is 0.0900. The Morgan fingerprint density at radius 2 is 0.412 bits per heavy atom. The second-order valence-electron chi connectivity index (χ2n) is 26.4. The third-order valence-electron chi connectivity index (χ3n) is 16.4. The van der Waals surface area contributed by atoms with Crippen LogP contribution in [0.3, 0.4) is 0 Å². The molecule has 1 aliphatic rings. The van der Waals surface area contributed by atoms with Crippen LogP contribution in [0.25, 0.3) is 0 Å². The third-order valence-corrected chi connectivity index (χ3v) is 61.7. The van der Waals surface area contributed by atoms with Gasteiger partial charge in [0.15, 0.2) is 0 Å². The van der Waals surface area contributed by atoms with Crippen molar-refractivity contribution in [3.05, 3.63) is 215 Å². The molecule has 436 valence electrons. The number of benzene rings is 6. The Balaban J connectivity index is 0.000000592. The molecule has 0 atom stereocenters. The van der Waals surface area contributed by atoms with Crippen molar-refractivity contribution < 1.29 is 49.6 Å². The molecule has 1 saturated carbocycles. The van der Waals surface area contributed by atoms with E-state index in [0.29, 0.717) is 0 Å². The molecule has 0 unspecified atom stereocenters. The minimum Gasteiger partial charge on any atom is -0.387 e. The van der Waals surface area contributed by atoms with Crippen molar-refractivity contribution in [1.29, 1.82) is 0 Å². The zero-order chi connectivity index (χ0) is 59.6. The van der Waals surface area contributed by atoms with Gasteiger partial charge in [-0.05, 0) is 0 Å². The molecular formula is C66H92O11SSn2. The van der Waals surface area contributed by atoms with Gasteiger partial charge in [0, 0.05) is 0 Å². The van der Waals surface area contributed by atoms with Crippen molar-refractivity contribution >= 4 is 48.0 Å². The van der Waals surface area contributed by atoms with Crippen molar-refractivity contribution in [3.8, 4) is 0 Å². The number of hydrogen-bond acceptors (Lipinski definition) is 9. The van der Waals surface area contributed by atoms with E-state index in [-0.39, 0.29) is 32.5 Å². The largest absolute Gasteiger partial charge is 0.394 e. The van der Waals surface area contributed by atoms with Gasteiger partial charge in [0.05, 0.1) is 0 Å². The first-order chi connectivity index (χ1) is 37.0. The average Bonchev–Trinajstić information content (AvgIpc) is 3.39. The van der Waals surface area contributed by atoms with Crippen LogP contribution in [0.4, 0.5) is 0 Å². The molecule has 0 heterocycles. The maximum Gasteiger partial charge on any atom is 0.394 e. The van der Waals surface area contributed by atoms with E-state index in [0.717, 1.165) is 26.6 Å². The molecule has 7 rings (SSSR count).